The molecule has 0 aliphatic carbocycles. The van der Waals surface area contributed by atoms with E-state index in [2.05, 4.69) is 10.6 Å². The Morgan fingerprint density at radius 3 is 2.50 bits per heavy atom. The van der Waals surface area contributed by atoms with Crippen molar-refractivity contribution in [2.75, 3.05) is 22.2 Å². The first-order chi connectivity index (χ1) is 15.4. The Morgan fingerprint density at radius 2 is 1.81 bits per heavy atom. The van der Waals surface area contributed by atoms with Gasteiger partial charge in [-0.2, -0.15) is 11.8 Å². The minimum atomic E-state index is -1.33. The number of imide groups is 1. The van der Waals surface area contributed by atoms with Gasteiger partial charge in [-0.05, 0) is 36.6 Å². The highest BCUT2D eigenvalue weighted by Gasteiger charge is 2.70. The molecule has 9 nitrogen and oxygen atoms in total. The second-order valence-electron chi connectivity index (χ2n) is 8.13. The highest BCUT2D eigenvalue weighted by Crippen LogP contribution is 2.54. The predicted octanol–water partition coefficient (Wildman–Crippen LogP) is 2.27. The lowest BCUT2D eigenvalue weighted by molar-refractivity contribution is -0.384. The van der Waals surface area contributed by atoms with E-state index in [1.165, 1.54) is 24.3 Å². The molecule has 4 atom stereocenters. The fraction of sp³-hybridized carbons (Fsp3) is 0.318. The molecule has 0 bridgehead atoms. The molecule has 2 N–H and O–H groups in total. The molecule has 1 spiro atoms. The number of anilines is 2. The first-order valence-electron chi connectivity index (χ1n) is 10.2. The zero-order chi connectivity index (χ0) is 22.6. The normalized spacial score (nSPS) is 28.2. The minimum Gasteiger partial charge on any atom is -0.324 e. The summed E-state index contributed by atoms with van der Waals surface area (Å²) in [5.41, 5.74) is 0.104. The first kappa shape index (κ1) is 20.7. The molecule has 2 saturated heterocycles. The van der Waals surface area contributed by atoms with Gasteiger partial charge in [-0.1, -0.05) is 18.2 Å². The summed E-state index contributed by atoms with van der Waals surface area (Å²) in [7, 11) is 0. The minimum absolute atomic E-state index is 0.131. The van der Waals surface area contributed by atoms with Gasteiger partial charge in [0.05, 0.1) is 22.4 Å². The highest BCUT2D eigenvalue weighted by atomic mass is 32.2. The van der Waals surface area contributed by atoms with Crippen molar-refractivity contribution in [3.8, 4) is 0 Å². The number of para-hydroxylation sites is 1. The van der Waals surface area contributed by atoms with Gasteiger partial charge in [0.25, 0.3) is 5.69 Å². The van der Waals surface area contributed by atoms with Crippen LogP contribution in [0.25, 0.3) is 0 Å². The van der Waals surface area contributed by atoms with Crippen LogP contribution in [0.4, 0.5) is 17.1 Å². The van der Waals surface area contributed by atoms with E-state index in [-0.39, 0.29) is 29.2 Å². The quantitative estimate of drug-likeness (QED) is 0.405. The van der Waals surface area contributed by atoms with E-state index in [0.29, 0.717) is 17.7 Å². The predicted molar refractivity (Wildman–Crippen MR) is 119 cm³/mol. The van der Waals surface area contributed by atoms with Gasteiger partial charge in [-0.25, -0.2) is 4.90 Å². The van der Waals surface area contributed by atoms with Crippen molar-refractivity contribution >= 4 is 46.5 Å². The summed E-state index contributed by atoms with van der Waals surface area (Å²) in [6.45, 7) is 0. The Bertz CT molecular complexity index is 1150. The van der Waals surface area contributed by atoms with Crippen LogP contribution in [0, 0.1) is 22.0 Å². The smallest absolute Gasteiger partial charge is 0.269 e. The number of nitrogens with one attached hydrogen (secondary N) is 2. The maximum atomic E-state index is 13.7. The molecule has 3 aliphatic rings. The van der Waals surface area contributed by atoms with Gasteiger partial charge in [0, 0.05) is 29.4 Å². The highest BCUT2D eigenvalue weighted by molar-refractivity contribution is 7.98. The molecule has 3 heterocycles. The molecule has 0 aromatic heterocycles. The van der Waals surface area contributed by atoms with Gasteiger partial charge in [-0.15, -0.1) is 0 Å². The van der Waals surface area contributed by atoms with E-state index in [4.69, 9.17) is 0 Å². The first-order valence-corrected chi connectivity index (χ1v) is 11.6. The maximum absolute atomic E-state index is 13.7. The van der Waals surface area contributed by atoms with E-state index in [1.807, 2.05) is 12.3 Å². The van der Waals surface area contributed by atoms with E-state index in [1.54, 1.807) is 30.0 Å². The summed E-state index contributed by atoms with van der Waals surface area (Å²) in [5, 5.41) is 17.2. The number of rotatable bonds is 5. The molecule has 2 fully saturated rings. The summed E-state index contributed by atoms with van der Waals surface area (Å²) in [4.78, 5) is 52.1. The number of nitro groups is 1. The standard InChI is InChI=1S/C22H20N4O5S/c1-32-11-10-16-17-18(22(24-16)14-4-2-3-5-15(14)23-21(22)29)20(28)25(19(17)27)12-6-8-13(9-7-12)26(30)31/h2-9,16-18,24H,10-11H2,1H3,(H,23,29)/t16-,17-,18+,22+/m1/s1. The SMILES string of the molecule is CSCC[C@H]1N[C@]2(C(=O)Nc3ccccc32)[C@@H]2C(=O)N(c3ccc([N+](=O)[O-])cc3)C(=O)[C@@H]21. The topological polar surface area (TPSA) is 122 Å². The number of hydrogen-bond donors (Lipinski definition) is 2. The number of thioether (sulfide) groups is 1. The zero-order valence-corrected chi connectivity index (χ0v) is 17.9. The van der Waals surface area contributed by atoms with E-state index >= 15 is 0 Å². The molecule has 0 saturated carbocycles. The monoisotopic (exact) mass is 452 g/mol. The van der Waals surface area contributed by atoms with Crippen molar-refractivity contribution in [3.05, 3.63) is 64.2 Å². The maximum Gasteiger partial charge on any atom is 0.269 e. The molecule has 3 amide bonds. The van der Waals surface area contributed by atoms with E-state index in [0.717, 1.165) is 10.7 Å². The van der Waals surface area contributed by atoms with Crippen LogP contribution in [0.2, 0.25) is 0 Å². The molecule has 0 unspecified atom stereocenters. The number of non-ortho nitro benzene ring substituents is 1. The average Bonchev–Trinajstić information content (AvgIpc) is 3.37. The third-order valence-corrected chi connectivity index (χ3v) is 7.22. The van der Waals surface area contributed by atoms with Gasteiger partial charge in [0.1, 0.15) is 5.54 Å². The Kier molecular flexibility index (Phi) is 4.79. The second-order valence-corrected chi connectivity index (χ2v) is 9.11. The van der Waals surface area contributed by atoms with Crippen LogP contribution >= 0.6 is 11.8 Å². The number of nitro benzene ring substituents is 1. The number of carbonyl (C=O) groups excluding carboxylic acids is 3. The number of nitrogens with zero attached hydrogens (tertiary/aromatic N) is 2. The van der Waals surface area contributed by atoms with Crippen LogP contribution in [0.1, 0.15) is 12.0 Å². The lowest BCUT2D eigenvalue weighted by Gasteiger charge is -2.29. The van der Waals surface area contributed by atoms with Crippen LogP contribution in [0.15, 0.2) is 48.5 Å². The number of carbonyl (C=O) groups is 3. The molecule has 10 heteroatoms. The fourth-order valence-corrected chi connectivity index (χ4v) is 5.72. The number of benzene rings is 2. The molecule has 32 heavy (non-hydrogen) atoms. The Morgan fingerprint density at radius 1 is 1.09 bits per heavy atom. The van der Waals surface area contributed by atoms with Crippen molar-refractivity contribution in [1.82, 2.24) is 5.32 Å². The number of hydrogen-bond acceptors (Lipinski definition) is 7. The van der Waals surface area contributed by atoms with Crippen molar-refractivity contribution in [1.29, 1.82) is 0 Å². The Balaban J connectivity index is 1.61. The Hall–Kier alpha value is -3.24. The molecular formula is C22H20N4O5S. The second kappa shape index (κ2) is 7.42. The van der Waals surface area contributed by atoms with E-state index in [9.17, 15) is 24.5 Å². The van der Waals surface area contributed by atoms with Crippen molar-refractivity contribution in [3.63, 3.8) is 0 Å². The fourth-order valence-electron chi connectivity index (χ4n) is 5.23. The third-order valence-electron chi connectivity index (χ3n) is 6.57. The summed E-state index contributed by atoms with van der Waals surface area (Å²) in [6, 6.07) is 12.2. The summed E-state index contributed by atoms with van der Waals surface area (Å²) in [6.07, 6.45) is 2.58. The molecule has 0 radical (unpaired) electrons. The summed E-state index contributed by atoms with van der Waals surface area (Å²) >= 11 is 1.63. The third kappa shape index (κ3) is 2.72. The van der Waals surface area contributed by atoms with Gasteiger partial charge in [0.2, 0.25) is 17.7 Å². The molecule has 2 aromatic rings. The molecular weight excluding hydrogens is 432 g/mol. The Labute approximate surface area is 187 Å². The molecule has 3 aliphatic heterocycles. The van der Waals surface area contributed by atoms with Crippen LogP contribution in [-0.2, 0) is 19.9 Å². The lowest BCUT2D eigenvalue weighted by atomic mass is 9.76. The van der Waals surface area contributed by atoms with Crippen molar-refractivity contribution < 1.29 is 19.3 Å². The van der Waals surface area contributed by atoms with Crippen molar-refractivity contribution in [2.45, 2.75) is 18.0 Å². The molecule has 164 valence electrons. The van der Waals surface area contributed by atoms with Gasteiger partial charge in [0.15, 0.2) is 0 Å². The summed E-state index contributed by atoms with van der Waals surface area (Å²) in [5.74, 6) is -2.05. The largest absolute Gasteiger partial charge is 0.324 e. The number of fused-ring (bicyclic) bond motifs is 4. The lowest BCUT2D eigenvalue weighted by Crippen LogP contribution is -2.53. The average molecular weight is 452 g/mol. The van der Waals surface area contributed by atoms with Crippen molar-refractivity contribution in [2.24, 2.45) is 11.8 Å². The van der Waals surface area contributed by atoms with Gasteiger partial charge < -0.3 is 5.32 Å². The summed E-state index contributed by atoms with van der Waals surface area (Å²) < 4.78 is 0. The van der Waals surface area contributed by atoms with E-state index < -0.39 is 28.2 Å². The van der Waals surface area contributed by atoms with Gasteiger partial charge in [-0.3, -0.25) is 29.8 Å². The number of amides is 3. The molecule has 2 aromatic carbocycles. The molecule has 5 rings (SSSR count). The zero-order valence-electron chi connectivity index (χ0n) is 17.1. The van der Waals surface area contributed by atoms with Crippen LogP contribution in [0.3, 0.4) is 0 Å². The van der Waals surface area contributed by atoms with Gasteiger partial charge >= 0.3 is 0 Å². The van der Waals surface area contributed by atoms with Crippen LogP contribution in [-0.4, -0.2) is 40.7 Å². The van der Waals surface area contributed by atoms with Crippen LogP contribution in [0.5, 0.6) is 0 Å². The van der Waals surface area contributed by atoms with Crippen LogP contribution < -0.4 is 15.5 Å².